The molecule has 2 heterocycles. The Labute approximate surface area is 194 Å². The first-order valence-corrected chi connectivity index (χ1v) is 12.3. The molecule has 2 aliphatic heterocycles. The van der Waals surface area contributed by atoms with Gasteiger partial charge in [0, 0.05) is 31.9 Å². The number of amides is 1. The second-order valence-electron chi connectivity index (χ2n) is 8.03. The first-order chi connectivity index (χ1) is 15.9. The number of methoxy groups -OCH3 is 2. The van der Waals surface area contributed by atoms with E-state index in [4.69, 9.17) is 14.2 Å². The van der Waals surface area contributed by atoms with E-state index in [0.717, 1.165) is 18.5 Å². The summed E-state index contributed by atoms with van der Waals surface area (Å²) in [5.74, 6) is 1.24. The zero-order valence-electron chi connectivity index (χ0n) is 18.9. The van der Waals surface area contributed by atoms with Crippen molar-refractivity contribution in [3.63, 3.8) is 0 Å². The molecule has 0 aromatic heterocycles. The Kier molecular flexibility index (Phi) is 7.18. The van der Waals surface area contributed by atoms with E-state index in [2.05, 4.69) is 10.2 Å². The van der Waals surface area contributed by atoms with Crippen molar-refractivity contribution in [3.05, 3.63) is 47.5 Å². The van der Waals surface area contributed by atoms with E-state index in [1.54, 1.807) is 26.4 Å². The molecule has 178 valence electrons. The third kappa shape index (κ3) is 5.30. The van der Waals surface area contributed by atoms with Crippen LogP contribution in [0.25, 0.3) is 0 Å². The molecule has 4 rings (SSSR count). The predicted molar refractivity (Wildman–Crippen MR) is 123 cm³/mol. The number of rotatable bonds is 7. The molecule has 0 aliphatic carbocycles. The van der Waals surface area contributed by atoms with Gasteiger partial charge in [0.15, 0.2) is 11.5 Å². The lowest BCUT2D eigenvalue weighted by atomic mass is 9.99. The van der Waals surface area contributed by atoms with Gasteiger partial charge in [-0.2, -0.15) is 4.31 Å². The highest BCUT2D eigenvalue weighted by Gasteiger charge is 2.26. The summed E-state index contributed by atoms with van der Waals surface area (Å²) in [7, 11) is -0.330. The van der Waals surface area contributed by atoms with Crippen molar-refractivity contribution in [2.24, 2.45) is 0 Å². The molecule has 0 spiro atoms. The lowest BCUT2D eigenvalue weighted by Gasteiger charge is -2.29. The number of anilines is 1. The molecule has 1 saturated heterocycles. The van der Waals surface area contributed by atoms with E-state index >= 15 is 0 Å². The molecular weight excluding hydrogens is 446 g/mol. The van der Waals surface area contributed by atoms with E-state index < -0.39 is 10.0 Å². The van der Waals surface area contributed by atoms with Crippen LogP contribution in [0, 0.1) is 0 Å². The van der Waals surface area contributed by atoms with Crippen LogP contribution in [0.15, 0.2) is 41.3 Å². The number of carbonyl (C=O) groups is 1. The third-order valence-electron chi connectivity index (χ3n) is 5.91. The minimum Gasteiger partial charge on any atom is -0.493 e. The molecule has 0 bridgehead atoms. The number of carbonyl (C=O) groups excluding carboxylic acids is 1. The fourth-order valence-corrected chi connectivity index (χ4v) is 5.53. The van der Waals surface area contributed by atoms with Gasteiger partial charge in [-0.05, 0) is 53.9 Å². The molecule has 2 aromatic carbocycles. The smallest absolute Gasteiger partial charge is 0.243 e. The van der Waals surface area contributed by atoms with Gasteiger partial charge in [0.25, 0.3) is 0 Å². The summed E-state index contributed by atoms with van der Waals surface area (Å²) >= 11 is 0. The van der Waals surface area contributed by atoms with Crippen LogP contribution in [-0.2, 0) is 32.5 Å². The van der Waals surface area contributed by atoms with Crippen LogP contribution in [0.2, 0.25) is 0 Å². The van der Waals surface area contributed by atoms with Crippen LogP contribution in [-0.4, -0.2) is 77.1 Å². The Bertz CT molecular complexity index is 1100. The van der Waals surface area contributed by atoms with E-state index in [0.29, 0.717) is 50.0 Å². The van der Waals surface area contributed by atoms with E-state index in [-0.39, 0.29) is 17.3 Å². The lowest BCUT2D eigenvalue weighted by Crippen LogP contribution is -2.40. The average molecular weight is 476 g/mol. The summed E-state index contributed by atoms with van der Waals surface area (Å²) < 4.78 is 42.9. The van der Waals surface area contributed by atoms with Gasteiger partial charge in [-0.1, -0.05) is 0 Å². The zero-order valence-corrected chi connectivity index (χ0v) is 19.7. The number of hydrogen-bond donors (Lipinski definition) is 1. The van der Waals surface area contributed by atoms with Crippen molar-refractivity contribution in [2.45, 2.75) is 17.9 Å². The molecule has 0 saturated carbocycles. The van der Waals surface area contributed by atoms with Crippen LogP contribution in [0.1, 0.15) is 11.1 Å². The lowest BCUT2D eigenvalue weighted by molar-refractivity contribution is -0.117. The van der Waals surface area contributed by atoms with Crippen molar-refractivity contribution in [1.29, 1.82) is 0 Å². The molecule has 10 heteroatoms. The van der Waals surface area contributed by atoms with E-state index in [1.807, 2.05) is 12.1 Å². The Morgan fingerprint density at radius 2 is 1.64 bits per heavy atom. The number of ether oxygens (including phenoxy) is 3. The number of morpholine rings is 1. The highest BCUT2D eigenvalue weighted by Crippen LogP contribution is 2.33. The second-order valence-corrected chi connectivity index (χ2v) is 9.96. The van der Waals surface area contributed by atoms with Gasteiger partial charge in [-0.3, -0.25) is 9.69 Å². The summed E-state index contributed by atoms with van der Waals surface area (Å²) in [6, 6.07) is 10.3. The summed E-state index contributed by atoms with van der Waals surface area (Å²) in [5, 5.41) is 2.86. The van der Waals surface area contributed by atoms with Crippen LogP contribution in [0.5, 0.6) is 11.5 Å². The first kappa shape index (κ1) is 23.5. The van der Waals surface area contributed by atoms with Gasteiger partial charge in [-0.25, -0.2) is 8.42 Å². The molecule has 9 nitrogen and oxygen atoms in total. The van der Waals surface area contributed by atoms with Crippen LogP contribution in [0.3, 0.4) is 0 Å². The Morgan fingerprint density at radius 1 is 1.00 bits per heavy atom. The maximum absolute atomic E-state index is 12.7. The molecule has 2 aliphatic rings. The van der Waals surface area contributed by atoms with Crippen molar-refractivity contribution in [2.75, 3.05) is 58.9 Å². The SMILES string of the molecule is COc1cc2c(cc1OC)CN(CC(=O)Nc1ccc(S(=O)(=O)N3CCOCC3)cc1)CC2. The van der Waals surface area contributed by atoms with Gasteiger partial charge < -0.3 is 19.5 Å². The van der Waals surface area contributed by atoms with Crippen LogP contribution in [0.4, 0.5) is 5.69 Å². The minimum atomic E-state index is -3.56. The largest absolute Gasteiger partial charge is 0.493 e. The van der Waals surface area contributed by atoms with Gasteiger partial charge in [0.05, 0.1) is 38.9 Å². The highest BCUT2D eigenvalue weighted by molar-refractivity contribution is 7.89. The topological polar surface area (TPSA) is 97.4 Å². The predicted octanol–water partition coefficient (Wildman–Crippen LogP) is 1.72. The Morgan fingerprint density at radius 3 is 2.27 bits per heavy atom. The minimum absolute atomic E-state index is 0.150. The zero-order chi connectivity index (χ0) is 23.4. The average Bonchev–Trinajstić information content (AvgIpc) is 2.84. The van der Waals surface area contributed by atoms with Crippen molar-refractivity contribution < 1.29 is 27.4 Å². The fraction of sp³-hybridized carbons (Fsp3) is 0.435. The summed E-state index contributed by atoms with van der Waals surface area (Å²) in [5.41, 5.74) is 2.87. The fourth-order valence-electron chi connectivity index (χ4n) is 4.13. The maximum atomic E-state index is 12.7. The Hall–Kier alpha value is -2.66. The van der Waals surface area contributed by atoms with Crippen LogP contribution >= 0.6 is 0 Å². The van der Waals surface area contributed by atoms with Gasteiger partial charge in [0.2, 0.25) is 15.9 Å². The number of hydrogen-bond acceptors (Lipinski definition) is 7. The second kappa shape index (κ2) is 10.1. The highest BCUT2D eigenvalue weighted by atomic mass is 32.2. The van der Waals surface area contributed by atoms with Gasteiger partial charge in [0.1, 0.15) is 0 Å². The monoisotopic (exact) mass is 475 g/mol. The first-order valence-electron chi connectivity index (χ1n) is 10.8. The van der Waals surface area contributed by atoms with Crippen LogP contribution < -0.4 is 14.8 Å². The molecule has 0 radical (unpaired) electrons. The summed E-state index contributed by atoms with van der Waals surface area (Å²) in [4.78, 5) is 14.9. The van der Waals surface area contributed by atoms with E-state index in [9.17, 15) is 13.2 Å². The number of fused-ring (bicyclic) bond motifs is 1. The normalized spacial score (nSPS) is 17.3. The molecule has 33 heavy (non-hydrogen) atoms. The van der Waals surface area contributed by atoms with Crippen molar-refractivity contribution in [3.8, 4) is 11.5 Å². The molecule has 1 N–H and O–H groups in total. The number of nitrogens with one attached hydrogen (secondary N) is 1. The van der Waals surface area contributed by atoms with Gasteiger partial charge >= 0.3 is 0 Å². The quantitative estimate of drug-likeness (QED) is 0.651. The van der Waals surface area contributed by atoms with Crippen molar-refractivity contribution >= 4 is 21.6 Å². The number of benzene rings is 2. The molecule has 1 amide bonds. The number of sulfonamides is 1. The maximum Gasteiger partial charge on any atom is 0.243 e. The molecule has 0 unspecified atom stereocenters. The number of nitrogens with zero attached hydrogens (tertiary/aromatic N) is 2. The third-order valence-corrected chi connectivity index (χ3v) is 7.82. The molecule has 2 aromatic rings. The molecule has 0 atom stereocenters. The molecular formula is C23H29N3O6S. The van der Waals surface area contributed by atoms with Crippen molar-refractivity contribution in [1.82, 2.24) is 9.21 Å². The summed E-state index contributed by atoms with van der Waals surface area (Å²) in [6.07, 6.45) is 0.817. The Balaban J connectivity index is 1.36. The van der Waals surface area contributed by atoms with Gasteiger partial charge in [-0.15, -0.1) is 0 Å². The molecule has 1 fully saturated rings. The van der Waals surface area contributed by atoms with E-state index in [1.165, 1.54) is 22.0 Å². The summed E-state index contributed by atoms with van der Waals surface area (Å²) in [6.45, 7) is 3.12. The standard InChI is InChI=1S/C23H29N3O6S/c1-30-21-13-17-7-8-25(15-18(17)14-22(21)31-2)16-23(27)24-19-3-5-20(6-4-19)33(28,29)26-9-11-32-12-10-26/h3-6,13-14H,7-12,15-16H2,1-2H3,(H,24,27).